The van der Waals surface area contributed by atoms with Crippen LogP contribution in [0.25, 0.3) is 0 Å². The highest BCUT2D eigenvalue weighted by molar-refractivity contribution is 9.10. The van der Waals surface area contributed by atoms with Crippen LogP contribution in [0, 0.1) is 0 Å². The molecule has 1 aliphatic rings. The van der Waals surface area contributed by atoms with E-state index in [2.05, 4.69) is 47.1 Å². The molecule has 2 heteroatoms. The van der Waals surface area contributed by atoms with Gasteiger partial charge in [-0.2, -0.15) is 0 Å². The van der Waals surface area contributed by atoms with E-state index < -0.39 is 0 Å². The van der Waals surface area contributed by atoms with Gasteiger partial charge in [0.05, 0.1) is 6.10 Å². The number of halogens is 1. The Hall–Kier alpha value is -0.340. The number of hydrogen-bond acceptors (Lipinski definition) is 1. The first-order chi connectivity index (χ1) is 6.70. The molecule has 1 fully saturated rings. The summed E-state index contributed by atoms with van der Waals surface area (Å²) in [4.78, 5) is 0. The van der Waals surface area contributed by atoms with Crippen LogP contribution in [-0.4, -0.2) is 13.2 Å². The number of methoxy groups -OCH3 is 1. The minimum Gasteiger partial charge on any atom is -0.381 e. The van der Waals surface area contributed by atoms with Crippen LogP contribution in [0.15, 0.2) is 28.7 Å². The van der Waals surface area contributed by atoms with Crippen molar-refractivity contribution in [3.63, 3.8) is 0 Å². The summed E-state index contributed by atoms with van der Waals surface area (Å²) in [6, 6.07) is 8.47. The normalized spacial score (nSPS) is 20.5. The van der Waals surface area contributed by atoms with E-state index in [1.165, 1.54) is 22.9 Å². The fourth-order valence-electron chi connectivity index (χ4n) is 2.12. The van der Waals surface area contributed by atoms with Gasteiger partial charge in [0.25, 0.3) is 0 Å². The van der Waals surface area contributed by atoms with Crippen molar-refractivity contribution in [3.05, 3.63) is 34.3 Å². The second-order valence-corrected chi connectivity index (χ2v) is 4.87. The average molecular weight is 255 g/mol. The lowest BCUT2D eigenvalue weighted by Crippen LogP contribution is -2.25. The van der Waals surface area contributed by atoms with Crippen LogP contribution in [0.2, 0.25) is 0 Å². The number of hydrogen-bond donors (Lipinski definition) is 0. The summed E-state index contributed by atoms with van der Waals surface area (Å²) in [7, 11) is 1.79. The van der Waals surface area contributed by atoms with Crippen LogP contribution in [0.5, 0.6) is 0 Å². The van der Waals surface area contributed by atoms with Gasteiger partial charge in [-0.1, -0.05) is 34.1 Å². The molecule has 0 N–H and O–H groups in total. The van der Waals surface area contributed by atoms with Gasteiger partial charge in [-0.3, -0.25) is 0 Å². The van der Waals surface area contributed by atoms with E-state index in [1.807, 2.05) is 0 Å². The molecular formula is C12H15BrO. The second kappa shape index (κ2) is 3.67. The van der Waals surface area contributed by atoms with Gasteiger partial charge >= 0.3 is 0 Å². The van der Waals surface area contributed by atoms with Crippen molar-refractivity contribution in [1.82, 2.24) is 0 Å². The maximum absolute atomic E-state index is 5.47. The Labute approximate surface area is 93.6 Å². The zero-order valence-electron chi connectivity index (χ0n) is 8.59. The highest BCUT2D eigenvalue weighted by atomic mass is 79.9. The molecule has 1 saturated carbocycles. The fourth-order valence-corrected chi connectivity index (χ4v) is 2.80. The van der Waals surface area contributed by atoms with Gasteiger partial charge in [0.15, 0.2) is 0 Å². The lowest BCUT2D eigenvalue weighted by atomic mass is 9.91. The second-order valence-electron chi connectivity index (χ2n) is 4.01. The topological polar surface area (TPSA) is 9.23 Å². The molecule has 76 valence electrons. The van der Waals surface area contributed by atoms with E-state index in [1.54, 1.807) is 7.11 Å². The Morgan fingerprint density at radius 2 is 2.00 bits per heavy atom. The van der Waals surface area contributed by atoms with Gasteiger partial charge in [0.1, 0.15) is 0 Å². The van der Waals surface area contributed by atoms with Crippen molar-refractivity contribution in [1.29, 1.82) is 0 Å². The summed E-state index contributed by atoms with van der Waals surface area (Å²) in [6.07, 6.45) is 2.79. The molecule has 1 atom stereocenters. The van der Waals surface area contributed by atoms with Gasteiger partial charge in [-0.05, 0) is 31.4 Å². The number of benzene rings is 1. The van der Waals surface area contributed by atoms with Crippen molar-refractivity contribution in [2.45, 2.75) is 31.3 Å². The Morgan fingerprint density at radius 1 is 1.36 bits per heavy atom. The summed E-state index contributed by atoms with van der Waals surface area (Å²) in [5.41, 5.74) is 1.67. The first-order valence-corrected chi connectivity index (χ1v) is 5.78. The third kappa shape index (κ3) is 1.51. The summed E-state index contributed by atoms with van der Waals surface area (Å²) >= 11 is 3.61. The minimum atomic E-state index is 0.273. The Bertz CT molecular complexity index is 331. The third-order valence-corrected chi connectivity index (χ3v) is 4.02. The highest BCUT2D eigenvalue weighted by Crippen LogP contribution is 2.53. The van der Waals surface area contributed by atoms with E-state index in [0.717, 1.165) is 0 Å². The largest absolute Gasteiger partial charge is 0.381 e. The zero-order valence-corrected chi connectivity index (χ0v) is 10.2. The molecule has 1 nitrogen and oxygen atoms in total. The van der Waals surface area contributed by atoms with Gasteiger partial charge in [0.2, 0.25) is 0 Å². The van der Waals surface area contributed by atoms with Crippen LogP contribution in [0.1, 0.15) is 25.3 Å². The van der Waals surface area contributed by atoms with E-state index >= 15 is 0 Å². The van der Waals surface area contributed by atoms with Crippen molar-refractivity contribution < 1.29 is 4.74 Å². The maximum atomic E-state index is 5.47. The molecule has 14 heavy (non-hydrogen) atoms. The molecule has 0 bridgehead atoms. The molecule has 0 spiro atoms. The predicted octanol–water partition coefficient (Wildman–Crippen LogP) is 3.52. The van der Waals surface area contributed by atoms with Gasteiger partial charge in [-0.25, -0.2) is 0 Å². The SMILES string of the molecule is COC(C)C1(c2ccccc2Br)CC1. The molecule has 1 aromatic carbocycles. The molecule has 0 heterocycles. The predicted molar refractivity (Wildman–Crippen MR) is 61.5 cm³/mol. The molecular weight excluding hydrogens is 240 g/mol. The Balaban J connectivity index is 2.35. The third-order valence-electron chi connectivity index (χ3n) is 3.33. The van der Waals surface area contributed by atoms with Crippen molar-refractivity contribution >= 4 is 15.9 Å². The molecule has 0 saturated heterocycles. The van der Waals surface area contributed by atoms with Crippen LogP contribution in [0.4, 0.5) is 0 Å². The zero-order chi connectivity index (χ0) is 10.2. The highest BCUT2D eigenvalue weighted by Gasteiger charge is 2.50. The fraction of sp³-hybridized carbons (Fsp3) is 0.500. The number of rotatable bonds is 3. The van der Waals surface area contributed by atoms with Crippen LogP contribution >= 0.6 is 15.9 Å². The van der Waals surface area contributed by atoms with Gasteiger partial charge in [-0.15, -0.1) is 0 Å². The monoisotopic (exact) mass is 254 g/mol. The Kier molecular flexibility index (Phi) is 2.67. The first-order valence-electron chi connectivity index (χ1n) is 4.98. The minimum absolute atomic E-state index is 0.273. The van der Waals surface area contributed by atoms with Crippen LogP contribution < -0.4 is 0 Å². The molecule has 0 radical (unpaired) electrons. The standard InChI is InChI=1S/C12H15BrO/c1-9(14-2)12(7-8-12)10-5-3-4-6-11(10)13/h3-6,9H,7-8H2,1-2H3. The lowest BCUT2D eigenvalue weighted by Gasteiger charge is -2.23. The quantitative estimate of drug-likeness (QED) is 0.803. The van der Waals surface area contributed by atoms with E-state index in [9.17, 15) is 0 Å². The maximum Gasteiger partial charge on any atom is 0.0640 e. The van der Waals surface area contributed by atoms with E-state index in [0.29, 0.717) is 6.10 Å². The smallest absolute Gasteiger partial charge is 0.0640 e. The summed E-state index contributed by atoms with van der Waals surface area (Å²) in [5.74, 6) is 0. The molecule has 0 aromatic heterocycles. The Morgan fingerprint density at radius 3 is 2.50 bits per heavy atom. The van der Waals surface area contributed by atoms with Crippen LogP contribution in [0.3, 0.4) is 0 Å². The van der Waals surface area contributed by atoms with Crippen molar-refractivity contribution in [2.75, 3.05) is 7.11 Å². The lowest BCUT2D eigenvalue weighted by molar-refractivity contribution is 0.0848. The summed E-state index contributed by atoms with van der Waals surface area (Å²) < 4.78 is 6.68. The average Bonchev–Trinajstić information content (AvgIpc) is 2.98. The van der Waals surface area contributed by atoms with E-state index in [-0.39, 0.29) is 5.41 Å². The van der Waals surface area contributed by atoms with Crippen LogP contribution in [-0.2, 0) is 10.2 Å². The molecule has 0 amide bonds. The molecule has 1 aromatic rings. The first kappa shape index (κ1) is 10.2. The molecule has 2 rings (SSSR count). The van der Waals surface area contributed by atoms with Gasteiger partial charge < -0.3 is 4.74 Å². The van der Waals surface area contributed by atoms with Crippen molar-refractivity contribution in [2.24, 2.45) is 0 Å². The molecule has 1 aliphatic carbocycles. The molecule has 0 aliphatic heterocycles. The van der Waals surface area contributed by atoms with Gasteiger partial charge in [0, 0.05) is 17.0 Å². The summed E-state index contributed by atoms with van der Waals surface area (Å²) in [6.45, 7) is 2.16. The number of ether oxygens (including phenoxy) is 1. The molecule has 1 unspecified atom stereocenters. The summed E-state index contributed by atoms with van der Waals surface area (Å²) in [5, 5.41) is 0. The van der Waals surface area contributed by atoms with Crippen molar-refractivity contribution in [3.8, 4) is 0 Å². The van der Waals surface area contributed by atoms with E-state index in [4.69, 9.17) is 4.74 Å².